The molecule has 1 aliphatic heterocycles. The summed E-state index contributed by atoms with van der Waals surface area (Å²) in [6.45, 7) is 7.37. The molecule has 2 fully saturated rings. The molecule has 3 rings (SSSR count). The summed E-state index contributed by atoms with van der Waals surface area (Å²) in [5.41, 5.74) is 0.856. The van der Waals surface area contributed by atoms with E-state index < -0.39 is 16.9 Å². The van der Waals surface area contributed by atoms with Crippen LogP contribution in [-0.2, 0) is 11.3 Å². The SMILES string of the molecule is CC(C)CC(NC1CCC(CN2CCC(N(C)C(=O)NCc3ccc([N+](=O)[O-])cc3)CC2)C1)C(=O)O. The second-order valence-corrected chi connectivity index (χ2v) is 10.8. The average Bonchev–Trinajstić information content (AvgIpc) is 3.28. The third kappa shape index (κ3) is 8.16. The molecule has 1 saturated carbocycles. The number of nitro benzene ring substituents is 1. The molecule has 200 valence electrons. The van der Waals surface area contributed by atoms with Gasteiger partial charge in [0.1, 0.15) is 6.04 Å². The Morgan fingerprint density at radius 2 is 1.83 bits per heavy atom. The van der Waals surface area contributed by atoms with Gasteiger partial charge in [0.25, 0.3) is 5.69 Å². The van der Waals surface area contributed by atoms with Gasteiger partial charge in [0, 0.05) is 57.4 Å². The lowest BCUT2D eigenvalue weighted by molar-refractivity contribution is -0.384. The summed E-state index contributed by atoms with van der Waals surface area (Å²) in [6, 6.07) is 6.07. The number of aliphatic carboxylic acids is 1. The van der Waals surface area contributed by atoms with Gasteiger partial charge in [-0.15, -0.1) is 0 Å². The van der Waals surface area contributed by atoms with Crippen molar-refractivity contribution in [3.63, 3.8) is 0 Å². The quantitative estimate of drug-likeness (QED) is 0.312. The maximum absolute atomic E-state index is 12.6. The van der Waals surface area contributed by atoms with E-state index in [4.69, 9.17) is 0 Å². The zero-order valence-corrected chi connectivity index (χ0v) is 21.7. The Balaban J connectivity index is 1.36. The van der Waals surface area contributed by atoms with Gasteiger partial charge in [0.2, 0.25) is 0 Å². The number of carbonyl (C=O) groups excluding carboxylic acids is 1. The number of rotatable bonds is 11. The topological polar surface area (TPSA) is 128 Å². The van der Waals surface area contributed by atoms with Crippen molar-refractivity contribution in [2.75, 3.05) is 26.7 Å². The molecule has 3 unspecified atom stereocenters. The van der Waals surface area contributed by atoms with Crippen molar-refractivity contribution in [2.45, 2.75) is 77.0 Å². The normalized spacial score (nSPS) is 21.9. The first-order valence-electron chi connectivity index (χ1n) is 13.1. The first-order valence-corrected chi connectivity index (χ1v) is 13.1. The molecule has 2 amide bonds. The van der Waals surface area contributed by atoms with E-state index in [-0.39, 0.29) is 23.8 Å². The average molecular weight is 504 g/mol. The van der Waals surface area contributed by atoms with Gasteiger partial charge >= 0.3 is 12.0 Å². The van der Waals surface area contributed by atoms with E-state index in [1.807, 2.05) is 7.05 Å². The molecule has 3 N–H and O–H groups in total. The smallest absolute Gasteiger partial charge is 0.320 e. The Bertz CT molecular complexity index is 885. The van der Waals surface area contributed by atoms with Crippen molar-refractivity contribution in [1.82, 2.24) is 20.4 Å². The van der Waals surface area contributed by atoms with E-state index in [1.165, 1.54) is 12.1 Å². The van der Waals surface area contributed by atoms with Crippen LogP contribution in [0.4, 0.5) is 10.5 Å². The minimum atomic E-state index is -0.755. The molecule has 1 saturated heterocycles. The molecule has 0 aromatic heterocycles. The van der Waals surface area contributed by atoms with Crippen LogP contribution < -0.4 is 10.6 Å². The van der Waals surface area contributed by atoms with Crippen LogP contribution in [0.5, 0.6) is 0 Å². The molecule has 0 spiro atoms. The molecule has 10 heteroatoms. The van der Waals surface area contributed by atoms with E-state index >= 15 is 0 Å². The van der Waals surface area contributed by atoms with Gasteiger partial charge in [-0.25, -0.2) is 4.79 Å². The number of nitrogens with zero attached hydrogens (tertiary/aromatic N) is 3. The molecule has 1 heterocycles. The number of piperidine rings is 1. The fourth-order valence-corrected chi connectivity index (χ4v) is 5.45. The van der Waals surface area contributed by atoms with Crippen LogP contribution in [0, 0.1) is 22.0 Å². The number of nitrogens with one attached hydrogen (secondary N) is 2. The first kappa shape index (κ1) is 27.9. The fourth-order valence-electron chi connectivity index (χ4n) is 5.45. The van der Waals surface area contributed by atoms with Gasteiger partial charge in [0.05, 0.1) is 4.92 Å². The summed E-state index contributed by atoms with van der Waals surface area (Å²) in [5, 5.41) is 26.6. The number of benzene rings is 1. The summed E-state index contributed by atoms with van der Waals surface area (Å²) in [7, 11) is 1.83. The highest BCUT2D eigenvalue weighted by Gasteiger charge is 2.32. The second kappa shape index (κ2) is 13.0. The van der Waals surface area contributed by atoms with Crippen LogP contribution in [0.25, 0.3) is 0 Å². The van der Waals surface area contributed by atoms with E-state index in [0.29, 0.717) is 24.8 Å². The lowest BCUT2D eigenvalue weighted by Crippen LogP contribution is -2.49. The fraction of sp³-hybridized carbons (Fsp3) is 0.692. The van der Waals surface area contributed by atoms with Crippen molar-refractivity contribution < 1.29 is 19.6 Å². The molecule has 1 aromatic carbocycles. The number of amides is 2. The van der Waals surface area contributed by atoms with E-state index in [2.05, 4.69) is 29.4 Å². The van der Waals surface area contributed by atoms with E-state index in [1.54, 1.807) is 17.0 Å². The van der Waals surface area contributed by atoms with Crippen LogP contribution in [0.15, 0.2) is 24.3 Å². The zero-order valence-electron chi connectivity index (χ0n) is 21.7. The number of hydrogen-bond acceptors (Lipinski definition) is 6. The molecule has 0 radical (unpaired) electrons. The number of non-ortho nitro benzene ring substituents is 1. The zero-order chi connectivity index (χ0) is 26.2. The summed E-state index contributed by atoms with van der Waals surface area (Å²) >= 11 is 0. The van der Waals surface area contributed by atoms with Crippen molar-refractivity contribution >= 4 is 17.7 Å². The van der Waals surface area contributed by atoms with Gasteiger partial charge in [-0.05, 0) is 55.9 Å². The van der Waals surface area contributed by atoms with Crippen molar-refractivity contribution in [3.8, 4) is 0 Å². The van der Waals surface area contributed by atoms with E-state index in [0.717, 1.165) is 57.3 Å². The minimum Gasteiger partial charge on any atom is -0.480 e. The number of hydrogen-bond donors (Lipinski definition) is 3. The molecule has 10 nitrogen and oxygen atoms in total. The third-order valence-electron chi connectivity index (χ3n) is 7.52. The molecule has 36 heavy (non-hydrogen) atoms. The Morgan fingerprint density at radius 1 is 1.17 bits per heavy atom. The van der Waals surface area contributed by atoms with Gasteiger partial charge < -0.3 is 25.5 Å². The van der Waals surface area contributed by atoms with Crippen LogP contribution in [-0.4, -0.2) is 76.6 Å². The van der Waals surface area contributed by atoms with Crippen LogP contribution in [0.2, 0.25) is 0 Å². The highest BCUT2D eigenvalue weighted by atomic mass is 16.6. The predicted octanol–water partition coefficient (Wildman–Crippen LogP) is 3.46. The van der Waals surface area contributed by atoms with E-state index in [9.17, 15) is 24.8 Å². The number of carboxylic acid groups (broad SMARTS) is 1. The second-order valence-electron chi connectivity index (χ2n) is 10.8. The lowest BCUT2D eigenvalue weighted by atomic mass is 10.0. The molecule has 0 bridgehead atoms. The maximum atomic E-state index is 12.6. The summed E-state index contributed by atoms with van der Waals surface area (Å²) < 4.78 is 0. The molecule has 2 aliphatic rings. The highest BCUT2D eigenvalue weighted by molar-refractivity contribution is 5.74. The number of carbonyl (C=O) groups is 2. The molecule has 3 atom stereocenters. The summed E-state index contributed by atoms with van der Waals surface area (Å²) in [4.78, 5) is 38.8. The van der Waals surface area contributed by atoms with Crippen LogP contribution in [0.1, 0.15) is 57.9 Å². The van der Waals surface area contributed by atoms with Gasteiger partial charge in [0.15, 0.2) is 0 Å². The predicted molar refractivity (Wildman–Crippen MR) is 138 cm³/mol. The molecule has 1 aromatic rings. The highest BCUT2D eigenvalue weighted by Crippen LogP contribution is 2.28. The van der Waals surface area contributed by atoms with Crippen molar-refractivity contribution in [3.05, 3.63) is 39.9 Å². The monoisotopic (exact) mass is 503 g/mol. The Labute approximate surface area is 213 Å². The molecular formula is C26H41N5O5. The third-order valence-corrected chi connectivity index (χ3v) is 7.52. The number of nitro groups is 1. The number of likely N-dealkylation sites (tertiary alicyclic amines) is 1. The standard InChI is InChI=1S/C26H41N5O5/c1-18(2)14-24(25(32)33)28-21-7-4-20(15-21)17-30-12-10-22(11-13-30)29(3)26(34)27-16-19-5-8-23(9-6-19)31(35)36/h5-6,8-9,18,20-22,24,28H,4,7,10-17H2,1-3H3,(H,27,34)(H,32,33). The van der Waals surface area contributed by atoms with Crippen molar-refractivity contribution in [2.24, 2.45) is 11.8 Å². The number of urea groups is 1. The minimum absolute atomic E-state index is 0.0360. The van der Waals surface area contributed by atoms with Gasteiger partial charge in [-0.1, -0.05) is 26.0 Å². The summed E-state index contributed by atoms with van der Waals surface area (Å²) in [6.07, 6.45) is 5.67. The van der Waals surface area contributed by atoms with Gasteiger partial charge in [-0.2, -0.15) is 0 Å². The largest absolute Gasteiger partial charge is 0.480 e. The molecule has 1 aliphatic carbocycles. The Morgan fingerprint density at radius 3 is 2.42 bits per heavy atom. The van der Waals surface area contributed by atoms with Crippen LogP contribution >= 0.6 is 0 Å². The maximum Gasteiger partial charge on any atom is 0.320 e. The Hall–Kier alpha value is -2.72. The Kier molecular flexibility index (Phi) is 10.1. The molecular weight excluding hydrogens is 462 g/mol. The lowest BCUT2D eigenvalue weighted by Gasteiger charge is -2.37. The van der Waals surface area contributed by atoms with Gasteiger partial charge in [-0.3, -0.25) is 14.9 Å². The first-order chi connectivity index (χ1) is 17.1. The number of carboxylic acids is 1. The van der Waals surface area contributed by atoms with Crippen LogP contribution in [0.3, 0.4) is 0 Å². The summed E-state index contributed by atoms with van der Waals surface area (Å²) in [5.74, 6) is 0.171. The van der Waals surface area contributed by atoms with Crippen molar-refractivity contribution in [1.29, 1.82) is 0 Å².